The van der Waals surface area contributed by atoms with Crippen molar-refractivity contribution in [1.29, 1.82) is 0 Å². The molecule has 1 heterocycles. The lowest BCUT2D eigenvalue weighted by molar-refractivity contribution is -0.383. The van der Waals surface area contributed by atoms with Crippen LogP contribution in [0.15, 0.2) is 16.8 Å². The van der Waals surface area contributed by atoms with Gasteiger partial charge in [0.15, 0.2) is 0 Å². The van der Waals surface area contributed by atoms with Gasteiger partial charge in [-0.05, 0) is 16.4 Å². The number of non-ortho nitro benzene ring substituents is 1. The summed E-state index contributed by atoms with van der Waals surface area (Å²) in [4.78, 5) is 20.8. The Morgan fingerprint density at radius 3 is 2.95 bits per heavy atom. The quantitative estimate of drug-likeness (QED) is 0.498. The Morgan fingerprint density at radius 2 is 2.32 bits per heavy atom. The van der Waals surface area contributed by atoms with Gasteiger partial charge in [-0.2, -0.15) is 0 Å². The molecular formula is C9H9N5O5. The monoisotopic (exact) mass is 267 g/mol. The van der Waals surface area contributed by atoms with Crippen LogP contribution in [-0.4, -0.2) is 38.9 Å². The van der Waals surface area contributed by atoms with E-state index in [1.807, 2.05) is 0 Å². The van der Waals surface area contributed by atoms with Gasteiger partial charge in [0.25, 0.3) is 0 Å². The average Bonchev–Trinajstić information content (AvgIpc) is 2.82. The van der Waals surface area contributed by atoms with Crippen LogP contribution < -0.4 is 11.1 Å². The summed E-state index contributed by atoms with van der Waals surface area (Å²) in [7, 11) is 0. The number of nitrogens with zero attached hydrogens (tertiary/aromatic N) is 3. The third kappa shape index (κ3) is 2.57. The zero-order chi connectivity index (χ0) is 14.0. The van der Waals surface area contributed by atoms with Crippen LogP contribution in [0.1, 0.15) is 0 Å². The molecule has 10 heteroatoms. The van der Waals surface area contributed by atoms with E-state index < -0.39 is 16.9 Å². The second kappa shape index (κ2) is 4.86. The second-order valence-electron chi connectivity index (χ2n) is 3.71. The standard InChI is InChI=1S/C9H9N5O5/c10-5(9(15)16)3-11-4-1-6-8(13-19-12-6)7(2-4)14(17)18/h1-2,5,11H,3,10H2,(H,15,16)/t5-/m0/s1. The molecule has 0 fully saturated rings. The molecule has 0 saturated carbocycles. The SMILES string of the molecule is N[C@@H](CNc1cc([N+](=O)[O-])c2nonc2c1)C(=O)O. The number of rotatable bonds is 5. The number of carbonyl (C=O) groups is 1. The Balaban J connectivity index is 2.29. The van der Waals surface area contributed by atoms with E-state index in [4.69, 9.17) is 10.8 Å². The van der Waals surface area contributed by atoms with Crippen molar-refractivity contribution in [2.75, 3.05) is 11.9 Å². The fourth-order valence-electron chi connectivity index (χ4n) is 1.43. The molecule has 4 N–H and O–H groups in total. The number of aliphatic carboxylic acids is 1. The van der Waals surface area contributed by atoms with Gasteiger partial charge in [0.1, 0.15) is 11.6 Å². The average molecular weight is 267 g/mol. The summed E-state index contributed by atoms with van der Waals surface area (Å²) in [5, 5.41) is 29.1. The number of carboxylic acids is 1. The summed E-state index contributed by atoms with van der Waals surface area (Å²) < 4.78 is 4.42. The molecule has 0 amide bonds. The van der Waals surface area contributed by atoms with Gasteiger partial charge in [-0.3, -0.25) is 14.9 Å². The predicted molar refractivity (Wildman–Crippen MR) is 62.6 cm³/mol. The van der Waals surface area contributed by atoms with Gasteiger partial charge in [0.2, 0.25) is 5.52 Å². The molecule has 0 bridgehead atoms. The zero-order valence-corrected chi connectivity index (χ0v) is 9.44. The lowest BCUT2D eigenvalue weighted by Crippen LogP contribution is -2.36. The molecule has 1 atom stereocenters. The predicted octanol–water partition coefficient (Wildman–Crippen LogP) is -0.0452. The number of nitrogens with one attached hydrogen (secondary N) is 1. The highest BCUT2D eigenvalue weighted by molar-refractivity contribution is 5.87. The third-order valence-electron chi connectivity index (χ3n) is 2.38. The van der Waals surface area contributed by atoms with Crippen LogP contribution in [0.4, 0.5) is 11.4 Å². The fraction of sp³-hybridized carbons (Fsp3) is 0.222. The first-order valence-electron chi connectivity index (χ1n) is 5.12. The Labute approximate surface area is 105 Å². The number of hydrogen-bond acceptors (Lipinski definition) is 8. The molecule has 2 aromatic rings. The topological polar surface area (TPSA) is 157 Å². The van der Waals surface area contributed by atoms with Crippen molar-refractivity contribution < 1.29 is 19.5 Å². The van der Waals surface area contributed by atoms with Crippen LogP contribution in [0.5, 0.6) is 0 Å². The Kier molecular flexibility index (Phi) is 3.25. The lowest BCUT2D eigenvalue weighted by atomic mass is 10.2. The molecule has 0 aliphatic rings. The Morgan fingerprint density at radius 1 is 1.58 bits per heavy atom. The summed E-state index contributed by atoms with van der Waals surface area (Å²) in [6.45, 7) is -0.0801. The van der Waals surface area contributed by atoms with E-state index in [1.54, 1.807) is 0 Å². The van der Waals surface area contributed by atoms with Crippen molar-refractivity contribution in [3.8, 4) is 0 Å². The first kappa shape index (κ1) is 12.7. The summed E-state index contributed by atoms with van der Waals surface area (Å²) in [6, 6.07) is 1.54. The van der Waals surface area contributed by atoms with Crippen molar-refractivity contribution >= 4 is 28.4 Å². The molecule has 0 aliphatic heterocycles. The number of nitrogens with two attached hydrogens (primary N) is 1. The molecule has 10 nitrogen and oxygen atoms in total. The highest BCUT2D eigenvalue weighted by atomic mass is 16.6. The van der Waals surface area contributed by atoms with Crippen LogP contribution in [-0.2, 0) is 4.79 Å². The van der Waals surface area contributed by atoms with Crippen molar-refractivity contribution in [1.82, 2.24) is 10.3 Å². The molecule has 1 aromatic heterocycles. The van der Waals surface area contributed by atoms with E-state index in [0.717, 1.165) is 0 Å². The summed E-state index contributed by atoms with van der Waals surface area (Å²) in [5.74, 6) is -1.17. The van der Waals surface area contributed by atoms with Crippen LogP contribution >= 0.6 is 0 Å². The minimum atomic E-state index is -1.17. The summed E-state index contributed by atoms with van der Waals surface area (Å²) in [5.41, 5.74) is 5.56. The van der Waals surface area contributed by atoms with Crippen molar-refractivity contribution in [2.24, 2.45) is 5.73 Å². The minimum absolute atomic E-state index is 0.0260. The Bertz CT molecular complexity index is 639. The van der Waals surface area contributed by atoms with Gasteiger partial charge in [0, 0.05) is 18.3 Å². The first-order chi connectivity index (χ1) is 8.99. The number of nitro benzene ring substituents is 1. The van der Waals surface area contributed by atoms with Crippen LogP contribution in [0.2, 0.25) is 0 Å². The number of aromatic nitrogens is 2. The molecule has 0 unspecified atom stereocenters. The molecular weight excluding hydrogens is 258 g/mol. The lowest BCUT2D eigenvalue weighted by Gasteiger charge is -2.09. The van der Waals surface area contributed by atoms with Crippen LogP contribution in [0.25, 0.3) is 11.0 Å². The van der Waals surface area contributed by atoms with Gasteiger partial charge >= 0.3 is 11.7 Å². The molecule has 0 saturated heterocycles. The van der Waals surface area contributed by atoms with Gasteiger partial charge in [-0.15, -0.1) is 0 Å². The highest BCUT2D eigenvalue weighted by Crippen LogP contribution is 2.27. The van der Waals surface area contributed by atoms with Gasteiger partial charge in [-0.25, -0.2) is 4.63 Å². The normalized spacial score (nSPS) is 12.3. The molecule has 1 aromatic carbocycles. The van der Waals surface area contributed by atoms with Gasteiger partial charge < -0.3 is 16.2 Å². The number of anilines is 1. The molecule has 0 radical (unpaired) electrons. The van der Waals surface area contributed by atoms with E-state index in [-0.39, 0.29) is 23.3 Å². The largest absolute Gasteiger partial charge is 0.480 e. The molecule has 19 heavy (non-hydrogen) atoms. The molecule has 2 rings (SSSR count). The number of fused-ring (bicyclic) bond motifs is 1. The van der Waals surface area contributed by atoms with Gasteiger partial charge in [0.05, 0.1) is 4.92 Å². The van der Waals surface area contributed by atoms with E-state index in [0.29, 0.717) is 5.69 Å². The van der Waals surface area contributed by atoms with E-state index >= 15 is 0 Å². The van der Waals surface area contributed by atoms with Crippen LogP contribution in [0.3, 0.4) is 0 Å². The van der Waals surface area contributed by atoms with Crippen molar-refractivity contribution in [3.63, 3.8) is 0 Å². The van der Waals surface area contributed by atoms with E-state index in [9.17, 15) is 14.9 Å². The first-order valence-corrected chi connectivity index (χ1v) is 5.12. The zero-order valence-electron chi connectivity index (χ0n) is 9.44. The fourth-order valence-corrected chi connectivity index (χ4v) is 1.43. The maximum Gasteiger partial charge on any atom is 0.322 e. The summed E-state index contributed by atoms with van der Waals surface area (Å²) >= 11 is 0. The van der Waals surface area contributed by atoms with Gasteiger partial charge in [-0.1, -0.05) is 0 Å². The van der Waals surface area contributed by atoms with Crippen molar-refractivity contribution in [2.45, 2.75) is 6.04 Å². The van der Waals surface area contributed by atoms with Crippen molar-refractivity contribution in [3.05, 3.63) is 22.2 Å². The molecule has 100 valence electrons. The maximum atomic E-state index is 10.9. The third-order valence-corrected chi connectivity index (χ3v) is 2.38. The number of nitro groups is 1. The smallest absolute Gasteiger partial charge is 0.322 e. The second-order valence-corrected chi connectivity index (χ2v) is 3.71. The maximum absolute atomic E-state index is 10.9. The molecule has 0 aliphatic carbocycles. The van der Waals surface area contributed by atoms with E-state index in [2.05, 4.69) is 20.3 Å². The number of benzene rings is 1. The summed E-state index contributed by atoms with van der Waals surface area (Å²) in [6.07, 6.45) is 0. The number of hydrogen-bond donors (Lipinski definition) is 3. The van der Waals surface area contributed by atoms with Crippen LogP contribution in [0, 0.1) is 10.1 Å². The number of carboxylic acid groups (broad SMARTS) is 1. The molecule has 0 spiro atoms. The minimum Gasteiger partial charge on any atom is -0.480 e. The van der Waals surface area contributed by atoms with E-state index in [1.165, 1.54) is 12.1 Å². The highest BCUT2D eigenvalue weighted by Gasteiger charge is 2.19. The Hall–Kier alpha value is -2.75.